The standard InChI is InChI=1S/C25H28INO2SeSi.C23H24INO2SeSi.C21H20INO2SeSi/c1-14-12-16(26)22(30-14)21-19(29)11-10-18-23(21)31(24(2,3)4,25(5,6)7)20-13-15(28)8-9-17(20)27-18;1-12(2)29(13(3)4)20-11-15(26)6-7-17(20)25-18-8-9-19(27)21(23(18)29)22-16(24)10-14(5)28-22;1-4-27(5-2)18-11-13(24)6-7-15(18)23-16-8-9-17(25)19(21(16)27)20-14(22)10-12(3)26-20/h8-13,29H,1-7H3;6-13,27H,1-5H3;6-11,25H,4-5H2,1-3H3. The van der Waals surface area contributed by atoms with Crippen molar-refractivity contribution >= 4 is 203 Å². The van der Waals surface area contributed by atoms with Crippen molar-refractivity contribution in [1.29, 1.82) is 0 Å². The van der Waals surface area contributed by atoms with Crippen LogP contribution in [0.15, 0.2) is 140 Å². The van der Waals surface area contributed by atoms with Crippen LogP contribution in [0.3, 0.4) is 0 Å². The molecule has 9 nitrogen and oxygen atoms in total. The number of aromatic hydroxyl groups is 3. The summed E-state index contributed by atoms with van der Waals surface area (Å²) in [7, 11) is -7.27. The Hall–Kier alpha value is -3.64. The summed E-state index contributed by atoms with van der Waals surface area (Å²) in [5, 5.41) is 40.1. The van der Waals surface area contributed by atoms with E-state index < -0.39 is 24.2 Å². The molecule has 0 fully saturated rings. The van der Waals surface area contributed by atoms with E-state index in [4.69, 9.17) is 15.0 Å². The minimum absolute atomic E-state index is 0.0286. The molecule has 87 heavy (non-hydrogen) atoms. The van der Waals surface area contributed by atoms with Crippen LogP contribution in [0.5, 0.6) is 17.2 Å². The molecule has 6 aromatic rings. The summed E-state index contributed by atoms with van der Waals surface area (Å²) < 4.78 is 11.5. The summed E-state index contributed by atoms with van der Waals surface area (Å²) in [6, 6.07) is 19.9. The van der Waals surface area contributed by atoms with E-state index in [0.717, 1.165) is 78.6 Å². The normalized spacial score (nSPS) is 17.4. The molecule has 0 radical (unpaired) electrons. The zero-order valence-electron chi connectivity index (χ0n) is 51.7. The molecular weight excluding hydrogens is 1670 g/mol. The zero-order valence-corrected chi connectivity index (χ0v) is 66.3. The average Bonchev–Trinajstić information content (AvgIpc) is 1.65. The van der Waals surface area contributed by atoms with E-state index in [-0.39, 0.29) is 70.9 Å². The molecule has 6 aliphatic rings. The Bertz CT molecular complexity index is 4220. The van der Waals surface area contributed by atoms with E-state index in [1.807, 2.05) is 48.6 Å². The van der Waals surface area contributed by atoms with Crippen molar-refractivity contribution in [2.75, 3.05) is 0 Å². The number of phenols is 3. The first-order valence-electron chi connectivity index (χ1n) is 29.4. The molecule has 3 aliphatic heterocycles. The van der Waals surface area contributed by atoms with Gasteiger partial charge in [-0.25, -0.2) is 0 Å². The molecule has 3 aliphatic carbocycles. The van der Waals surface area contributed by atoms with Crippen LogP contribution < -0.4 is 15.6 Å². The van der Waals surface area contributed by atoms with Gasteiger partial charge in [-0.1, -0.05) is 0 Å². The van der Waals surface area contributed by atoms with Crippen LogP contribution >= 0.6 is 67.8 Å². The third kappa shape index (κ3) is 11.2. The van der Waals surface area contributed by atoms with E-state index in [0.29, 0.717) is 28.3 Å². The van der Waals surface area contributed by atoms with E-state index in [1.165, 1.54) is 52.9 Å². The molecule has 12 rings (SSSR count). The van der Waals surface area contributed by atoms with Gasteiger partial charge < -0.3 is 0 Å². The van der Waals surface area contributed by atoms with E-state index in [1.54, 1.807) is 42.5 Å². The fourth-order valence-electron chi connectivity index (χ4n) is 15.1. The van der Waals surface area contributed by atoms with Gasteiger partial charge in [-0.15, -0.1) is 0 Å². The molecule has 3 aromatic carbocycles. The van der Waals surface area contributed by atoms with Crippen LogP contribution in [0.2, 0.25) is 33.2 Å². The monoisotopic (exact) mass is 1740 g/mol. The molecule has 0 amide bonds. The molecular formula is C69H72I3N3O6Se3Si3. The van der Waals surface area contributed by atoms with Gasteiger partial charge in [-0.3, -0.25) is 0 Å². The van der Waals surface area contributed by atoms with Gasteiger partial charge in [-0.05, 0) is 0 Å². The number of rotatable bonds is 7. The molecule has 450 valence electrons. The zero-order chi connectivity index (χ0) is 63.4. The third-order valence-electron chi connectivity index (χ3n) is 18.1. The first-order chi connectivity index (χ1) is 40.9. The van der Waals surface area contributed by atoms with Crippen molar-refractivity contribution in [2.24, 2.45) is 15.0 Å². The van der Waals surface area contributed by atoms with Gasteiger partial charge in [0.25, 0.3) is 0 Å². The molecule has 6 heterocycles. The van der Waals surface area contributed by atoms with Crippen LogP contribution in [-0.2, 0) is 14.4 Å². The molecule has 18 heteroatoms. The van der Waals surface area contributed by atoms with Crippen molar-refractivity contribution in [3.05, 3.63) is 149 Å². The number of halogens is 3. The minimum atomic E-state index is -2.66. The van der Waals surface area contributed by atoms with Crippen molar-refractivity contribution in [2.45, 2.75) is 137 Å². The van der Waals surface area contributed by atoms with Gasteiger partial charge in [0.2, 0.25) is 0 Å². The number of benzene rings is 3. The van der Waals surface area contributed by atoms with Gasteiger partial charge in [0.05, 0.1) is 0 Å². The number of carbonyl (C=O) groups excluding carboxylic acids is 3. The number of ketones is 3. The van der Waals surface area contributed by atoms with Gasteiger partial charge >= 0.3 is 581 Å². The number of hydrogen-bond acceptors (Lipinski definition) is 9. The van der Waals surface area contributed by atoms with Crippen molar-refractivity contribution < 1.29 is 29.7 Å². The Labute approximate surface area is 574 Å². The number of phenolic OH excluding ortho intramolecular Hbond substituents is 3. The summed E-state index contributed by atoms with van der Waals surface area (Å²) in [4.78, 5) is 52.1. The Morgan fingerprint density at radius 3 is 1.15 bits per heavy atom. The molecule has 0 saturated carbocycles. The Balaban J connectivity index is 0.000000145. The maximum atomic E-state index is 12.6. The van der Waals surface area contributed by atoms with E-state index >= 15 is 0 Å². The van der Waals surface area contributed by atoms with E-state index in [2.05, 4.69) is 190 Å². The van der Waals surface area contributed by atoms with Crippen LogP contribution in [0, 0.1) is 31.5 Å². The molecule has 3 N–H and O–H groups in total. The molecule has 0 atom stereocenters. The number of nitrogens with zero attached hydrogens (tertiary/aromatic N) is 3. The summed E-state index contributed by atoms with van der Waals surface area (Å²) in [6.07, 6.45) is 16.0. The molecule has 0 spiro atoms. The molecule has 0 bridgehead atoms. The van der Waals surface area contributed by atoms with Crippen molar-refractivity contribution in [3.8, 4) is 47.3 Å². The Kier molecular flexibility index (Phi) is 18.9. The predicted octanol–water partition coefficient (Wildman–Crippen LogP) is 15.6. The van der Waals surface area contributed by atoms with Crippen LogP contribution in [-0.4, -0.2) is 118 Å². The third-order valence-corrected chi connectivity index (χ3v) is 48.4. The van der Waals surface area contributed by atoms with Crippen molar-refractivity contribution in [1.82, 2.24) is 0 Å². The number of carbonyl (C=O) groups is 3. The molecule has 0 unspecified atom stereocenters. The Morgan fingerprint density at radius 1 is 0.471 bits per heavy atom. The van der Waals surface area contributed by atoms with E-state index in [9.17, 15) is 29.7 Å². The van der Waals surface area contributed by atoms with Gasteiger partial charge in [-0.2, -0.15) is 0 Å². The second-order valence-corrected chi connectivity index (χ2v) is 52.4. The van der Waals surface area contributed by atoms with Crippen LogP contribution in [0.4, 0.5) is 17.1 Å². The second kappa shape index (κ2) is 24.8. The quantitative estimate of drug-likeness (QED) is 0.0823. The first kappa shape index (κ1) is 66.3. The van der Waals surface area contributed by atoms with Crippen molar-refractivity contribution in [3.63, 3.8) is 0 Å². The summed E-state index contributed by atoms with van der Waals surface area (Å²) >= 11 is 7.77. The summed E-state index contributed by atoms with van der Waals surface area (Å²) in [5.74, 6) is 1.13. The van der Waals surface area contributed by atoms with Gasteiger partial charge in [0.1, 0.15) is 0 Å². The fraction of sp³-hybridized carbons (Fsp3) is 0.304. The van der Waals surface area contributed by atoms with Crippen LogP contribution in [0.1, 0.15) is 96.4 Å². The molecule has 3 aromatic heterocycles. The van der Waals surface area contributed by atoms with Gasteiger partial charge in [0.15, 0.2) is 0 Å². The first-order valence-corrected chi connectivity index (χ1v) is 44.3. The number of fused-ring (bicyclic) bond motifs is 6. The number of aryl methyl sites for hydroxylation is 3. The predicted molar refractivity (Wildman–Crippen MR) is 399 cm³/mol. The number of hydrogen-bond donors (Lipinski definition) is 3. The number of allylic oxidation sites excluding steroid dienone is 12. The average molecular weight is 1740 g/mol. The fourth-order valence-corrected chi connectivity index (χ4v) is 45.7. The topological polar surface area (TPSA) is 149 Å². The van der Waals surface area contributed by atoms with Crippen LogP contribution in [0.25, 0.3) is 30.0 Å². The second-order valence-electron chi connectivity index (χ2n) is 25.8. The Morgan fingerprint density at radius 2 is 0.793 bits per heavy atom. The summed E-state index contributed by atoms with van der Waals surface area (Å²) in [5.41, 5.74) is 9.34. The summed E-state index contributed by atoms with van der Waals surface area (Å²) in [6.45, 7) is 33.9. The SMILES string of the molecule is CC[Si]1(CC)C2=CC(=O)C=CC2=Nc2ccc(O)c(-c3[se]c(C)cc3I)c21.Cc1cc(I)c(-c2c(O)ccc3c2[Si](C(C)(C)C)(C(C)(C)C)C2=CC(=O)C=CC2=N3)[se]1.Cc1cc(I)c(-c2c(O)ccc3c2[Si](C(C)C)(C(C)C)C2=CC(=O)C=CC2=N3)[se]1. The molecule has 0 saturated heterocycles. The van der Waals surface area contributed by atoms with Gasteiger partial charge in [0, 0.05) is 0 Å². The number of aliphatic imine (C=N–C) groups is 3. The maximum absolute atomic E-state index is 12.6.